The zero-order valence-corrected chi connectivity index (χ0v) is 11.4. The van der Waals surface area contributed by atoms with Crippen molar-refractivity contribution >= 4 is 11.8 Å². The second-order valence-electron chi connectivity index (χ2n) is 5.12. The van der Waals surface area contributed by atoms with Gasteiger partial charge < -0.3 is 9.73 Å². The molecule has 1 N–H and O–H groups in total. The molecule has 1 heterocycles. The van der Waals surface area contributed by atoms with E-state index in [1.807, 2.05) is 26.1 Å². The number of rotatable bonds is 3. The van der Waals surface area contributed by atoms with Crippen LogP contribution in [0.4, 0.5) is 5.88 Å². The Morgan fingerprint density at radius 2 is 2.00 bits per heavy atom. The van der Waals surface area contributed by atoms with Gasteiger partial charge in [-0.1, -0.05) is 0 Å². The summed E-state index contributed by atoms with van der Waals surface area (Å²) in [5.41, 5.74) is 0. The van der Waals surface area contributed by atoms with Crippen molar-refractivity contribution in [1.82, 2.24) is 5.32 Å². The molecule has 1 aromatic rings. The van der Waals surface area contributed by atoms with E-state index < -0.39 is 0 Å². The normalized spacial score (nSPS) is 23.9. The summed E-state index contributed by atoms with van der Waals surface area (Å²) in [7, 11) is 3.79. The Kier molecular flexibility index (Phi) is 4.07. The molecule has 4 heteroatoms. The van der Waals surface area contributed by atoms with Gasteiger partial charge in [0, 0.05) is 25.1 Å². The lowest BCUT2D eigenvalue weighted by Crippen LogP contribution is -2.38. The van der Waals surface area contributed by atoms with Crippen molar-refractivity contribution in [3.8, 4) is 0 Å². The Morgan fingerprint density at radius 3 is 2.50 bits per heavy atom. The van der Waals surface area contributed by atoms with Crippen LogP contribution in [0.25, 0.3) is 0 Å². The van der Waals surface area contributed by atoms with Gasteiger partial charge in [0.15, 0.2) is 0 Å². The summed E-state index contributed by atoms with van der Waals surface area (Å²) in [5.74, 6) is 1.81. The van der Waals surface area contributed by atoms with Crippen LogP contribution in [-0.2, 0) is 4.79 Å². The van der Waals surface area contributed by atoms with E-state index in [1.54, 1.807) is 11.9 Å². The molecule has 0 bridgehead atoms. The molecule has 1 aromatic heterocycles. The summed E-state index contributed by atoms with van der Waals surface area (Å²) < 4.78 is 5.49. The maximum Gasteiger partial charge on any atom is 0.232 e. The predicted molar refractivity (Wildman–Crippen MR) is 71.7 cm³/mol. The number of nitrogens with zero attached hydrogens (tertiary/aromatic N) is 1. The zero-order valence-electron chi connectivity index (χ0n) is 11.4. The van der Waals surface area contributed by atoms with Crippen LogP contribution >= 0.6 is 0 Å². The van der Waals surface area contributed by atoms with Gasteiger partial charge in [-0.3, -0.25) is 9.69 Å². The molecule has 1 fully saturated rings. The summed E-state index contributed by atoms with van der Waals surface area (Å²) in [5, 5.41) is 3.28. The average Bonchev–Trinajstić information content (AvgIpc) is 2.84. The van der Waals surface area contributed by atoms with Crippen LogP contribution in [0.1, 0.15) is 31.4 Å². The second-order valence-corrected chi connectivity index (χ2v) is 5.12. The first-order chi connectivity index (χ1) is 8.61. The first-order valence-electron chi connectivity index (χ1n) is 6.63. The van der Waals surface area contributed by atoms with Crippen LogP contribution in [0.2, 0.25) is 0 Å². The number of hydrogen-bond donors (Lipinski definition) is 1. The zero-order chi connectivity index (χ0) is 13.1. The maximum atomic E-state index is 12.3. The lowest BCUT2D eigenvalue weighted by Gasteiger charge is -2.29. The highest BCUT2D eigenvalue weighted by molar-refractivity contribution is 5.93. The minimum atomic E-state index is 0.144. The molecule has 1 saturated carbocycles. The van der Waals surface area contributed by atoms with Gasteiger partial charge in [0.1, 0.15) is 5.76 Å². The van der Waals surface area contributed by atoms with Crippen molar-refractivity contribution in [2.24, 2.45) is 5.92 Å². The Hall–Kier alpha value is -1.29. The smallest absolute Gasteiger partial charge is 0.232 e. The van der Waals surface area contributed by atoms with Crippen LogP contribution < -0.4 is 10.2 Å². The van der Waals surface area contributed by atoms with E-state index in [4.69, 9.17) is 4.42 Å². The van der Waals surface area contributed by atoms with Gasteiger partial charge in [0.25, 0.3) is 0 Å². The summed E-state index contributed by atoms with van der Waals surface area (Å²) >= 11 is 0. The SMILES string of the molecule is CNC1CCC(C(=O)N(C)c2ccc(C)o2)CC1. The van der Waals surface area contributed by atoms with E-state index in [2.05, 4.69) is 5.32 Å². The number of anilines is 1. The molecule has 1 aliphatic rings. The molecule has 1 aliphatic carbocycles. The van der Waals surface area contributed by atoms with E-state index in [9.17, 15) is 4.79 Å². The molecule has 0 aliphatic heterocycles. The molecule has 0 saturated heterocycles. The molecular weight excluding hydrogens is 228 g/mol. The van der Waals surface area contributed by atoms with Gasteiger partial charge in [-0.05, 0) is 45.7 Å². The van der Waals surface area contributed by atoms with Crippen LogP contribution in [0.15, 0.2) is 16.5 Å². The molecule has 2 rings (SSSR count). The van der Waals surface area contributed by atoms with Crippen molar-refractivity contribution in [1.29, 1.82) is 0 Å². The van der Waals surface area contributed by atoms with E-state index >= 15 is 0 Å². The average molecular weight is 250 g/mol. The molecule has 100 valence electrons. The quantitative estimate of drug-likeness (QED) is 0.895. The second kappa shape index (κ2) is 5.57. The fraction of sp³-hybridized carbons (Fsp3) is 0.643. The van der Waals surface area contributed by atoms with Crippen molar-refractivity contribution in [2.75, 3.05) is 19.0 Å². The van der Waals surface area contributed by atoms with Crippen LogP contribution in [-0.4, -0.2) is 26.0 Å². The molecule has 0 atom stereocenters. The van der Waals surface area contributed by atoms with Crippen LogP contribution in [0.3, 0.4) is 0 Å². The van der Waals surface area contributed by atoms with Gasteiger partial charge >= 0.3 is 0 Å². The Balaban J connectivity index is 1.95. The highest BCUT2D eigenvalue weighted by Gasteiger charge is 2.28. The van der Waals surface area contributed by atoms with Crippen molar-refractivity contribution < 1.29 is 9.21 Å². The van der Waals surface area contributed by atoms with Crippen molar-refractivity contribution in [2.45, 2.75) is 38.6 Å². The standard InChI is InChI=1S/C14H22N2O2/c1-10-4-9-13(18-10)16(3)14(17)11-5-7-12(15-2)8-6-11/h4,9,11-12,15H,5-8H2,1-3H3. The van der Waals surface area contributed by atoms with Crippen molar-refractivity contribution in [3.05, 3.63) is 17.9 Å². The Bertz CT molecular complexity index is 406. The third kappa shape index (κ3) is 2.75. The number of carbonyl (C=O) groups is 1. The van der Waals surface area contributed by atoms with Gasteiger partial charge in [-0.2, -0.15) is 0 Å². The number of furan rings is 1. The van der Waals surface area contributed by atoms with Crippen LogP contribution in [0, 0.1) is 12.8 Å². The van der Waals surface area contributed by atoms with E-state index in [0.29, 0.717) is 11.9 Å². The van der Waals surface area contributed by atoms with Gasteiger partial charge in [-0.15, -0.1) is 0 Å². The molecular formula is C14H22N2O2. The minimum absolute atomic E-state index is 0.144. The largest absolute Gasteiger partial charge is 0.445 e. The number of hydrogen-bond acceptors (Lipinski definition) is 3. The Labute approximate surface area is 108 Å². The molecule has 0 spiro atoms. The highest BCUT2D eigenvalue weighted by Crippen LogP contribution is 2.27. The molecule has 0 aromatic carbocycles. The predicted octanol–water partition coefficient (Wildman–Crippen LogP) is 2.33. The third-order valence-corrected chi connectivity index (χ3v) is 3.87. The topological polar surface area (TPSA) is 45.5 Å². The lowest BCUT2D eigenvalue weighted by molar-refractivity contribution is -0.123. The summed E-state index contributed by atoms with van der Waals surface area (Å²) in [6.45, 7) is 1.89. The highest BCUT2D eigenvalue weighted by atomic mass is 16.4. The van der Waals surface area contributed by atoms with Crippen LogP contribution in [0.5, 0.6) is 0 Å². The number of carbonyl (C=O) groups excluding carboxylic acids is 1. The summed E-state index contributed by atoms with van der Waals surface area (Å²) in [4.78, 5) is 14.0. The first-order valence-corrected chi connectivity index (χ1v) is 6.63. The number of amides is 1. The Morgan fingerprint density at radius 1 is 1.33 bits per heavy atom. The van der Waals surface area contributed by atoms with Gasteiger partial charge in [0.05, 0.1) is 0 Å². The monoisotopic (exact) mass is 250 g/mol. The first kappa shape index (κ1) is 13.1. The van der Waals surface area contributed by atoms with E-state index in [0.717, 1.165) is 31.4 Å². The van der Waals surface area contributed by atoms with E-state index in [1.165, 1.54) is 0 Å². The van der Waals surface area contributed by atoms with Gasteiger partial charge in [-0.25, -0.2) is 0 Å². The van der Waals surface area contributed by atoms with Gasteiger partial charge in [0.2, 0.25) is 11.8 Å². The minimum Gasteiger partial charge on any atom is -0.445 e. The molecule has 0 unspecified atom stereocenters. The van der Waals surface area contributed by atoms with Crippen molar-refractivity contribution in [3.63, 3.8) is 0 Å². The summed E-state index contributed by atoms with van der Waals surface area (Å²) in [6.07, 6.45) is 4.10. The number of aryl methyl sites for hydroxylation is 1. The molecule has 18 heavy (non-hydrogen) atoms. The molecule has 0 radical (unpaired) electrons. The fourth-order valence-corrected chi connectivity index (χ4v) is 2.61. The fourth-order valence-electron chi connectivity index (χ4n) is 2.61. The lowest BCUT2D eigenvalue weighted by atomic mass is 9.85. The molecule has 1 amide bonds. The summed E-state index contributed by atoms with van der Waals surface area (Å²) in [6, 6.07) is 4.31. The molecule has 4 nitrogen and oxygen atoms in total. The third-order valence-electron chi connectivity index (χ3n) is 3.87. The number of nitrogens with one attached hydrogen (secondary N) is 1. The maximum absolute atomic E-state index is 12.3. The van der Waals surface area contributed by atoms with E-state index in [-0.39, 0.29) is 11.8 Å².